The largest absolute Gasteiger partial charge is 0.467 e. The van der Waals surface area contributed by atoms with E-state index in [0.717, 1.165) is 5.56 Å². The SMILES string of the molecule is COCCNC(=O)[C@@H](c1ccc(C)cc1)N(Cc1ccco1)C(=O)CCC(=O)Nc1nccs1. The Kier molecular flexibility index (Phi) is 9.36. The Morgan fingerprint density at radius 3 is 2.62 bits per heavy atom. The fraction of sp³-hybridized carbons (Fsp3) is 0.333. The minimum atomic E-state index is -0.905. The minimum absolute atomic E-state index is 0.0427. The number of amides is 3. The van der Waals surface area contributed by atoms with Gasteiger partial charge < -0.3 is 24.7 Å². The molecule has 180 valence electrons. The second-order valence-electron chi connectivity index (χ2n) is 7.58. The van der Waals surface area contributed by atoms with Crippen molar-refractivity contribution < 1.29 is 23.5 Å². The van der Waals surface area contributed by atoms with Crippen LogP contribution >= 0.6 is 11.3 Å². The summed E-state index contributed by atoms with van der Waals surface area (Å²) in [5, 5.41) is 7.73. The number of furan rings is 1. The number of aryl methyl sites for hydroxylation is 1. The van der Waals surface area contributed by atoms with Gasteiger partial charge in [0.05, 0.1) is 19.4 Å². The summed E-state index contributed by atoms with van der Waals surface area (Å²) in [5.41, 5.74) is 1.69. The minimum Gasteiger partial charge on any atom is -0.467 e. The highest BCUT2D eigenvalue weighted by molar-refractivity contribution is 7.13. The lowest BCUT2D eigenvalue weighted by Crippen LogP contribution is -2.44. The normalized spacial score (nSPS) is 11.6. The Bertz CT molecular complexity index is 1050. The van der Waals surface area contributed by atoms with Gasteiger partial charge in [-0.15, -0.1) is 11.3 Å². The first-order chi connectivity index (χ1) is 16.5. The van der Waals surface area contributed by atoms with Gasteiger partial charge in [-0.2, -0.15) is 0 Å². The fourth-order valence-electron chi connectivity index (χ4n) is 3.32. The predicted molar refractivity (Wildman–Crippen MR) is 128 cm³/mol. The van der Waals surface area contributed by atoms with Crippen molar-refractivity contribution in [1.29, 1.82) is 0 Å². The predicted octanol–water partition coefficient (Wildman–Crippen LogP) is 3.30. The van der Waals surface area contributed by atoms with Gasteiger partial charge in [0.25, 0.3) is 0 Å². The van der Waals surface area contributed by atoms with Crippen LogP contribution in [0.25, 0.3) is 0 Å². The summed E-state index contributed by atoms with van der Waals surface area (Å²) in [6.45, 7) is 2.67. The molecule has 0 aliphatic rings. The first-order valence-electron chi connectivity index (χ1n) is 10.8. The highest BCUT2D eigenvalue weighted by Crippen LogP contribution is 2.26. The summed E-state index contributed by atoms with van der Waals surface area (Å²) >= 11 is 1.30. The van der Waals surface area contributed by atoms with Gasteiger partial charge in [0.2, 0.25) is 17.7 Å². The highest BCUT2D eigenvalue weighted by Gasteiger charge is 2.32. The van der Waals surface area contributed by atoms with Crippen molar-refractivity contribution in [3.8, 4) is 0 Å². The molecule has 0 saturated heterocycles. The van der Waals surface area contributed by atoms with E-state index in [1.54, 1.807) is 30.8 Å². The van der Waals surface area contributed by atoms with Crippen molar-refractivity contribution in [2.24, 2.45) is 0 Å². The van der Waals surface area contributed by atoms with E-state index in [9.17, 15) is 14.4 Å². The second kappa shape index (κ2) is 12.7. The van der Waals surface area contributed by atoms with Crippen LogP contribution in [0.4, 0.5) is 5.13 Å². The molecular weight excluding hydrogens is 456 g/mol. The standard InChI is InChI=1S/C24H28N4O5S/c1-17-5-7-18(8-6-17)22(23(31)25-11-14-32-2)28(16-19-4-3-13-33-19)21(30)10-9-20(29)27-24-26-12-15-34-24/h3-8,12-13,15,22H,9-11,14,16H2,1-2H3,(H,25,31)(H,26,27,29)/t22-/m1/s1. The number of hydrogen-bond acceptors (Lipinski definition) is 7. The molecule has 0 fully saturated rings. The molecule has 2 N–H and O–H groups in total. The Hall–Kier alpha value is -3.50. The first-order valence-corrected chi connectivity index (χ1v) is 11.7. The average molecular weight is 485 g/mol. The molecule has 34 heavy (non-hydrogen) atoms. The molecule has 1 atom stereocenters. The van der Waals surface area contributed by atoms with Crippen molar-refractivity contribution in [3.63, 3.8) is 0 Å². The van der Waals surface area contributed by atoms with Crippen LogP contribution < -0.4 is 10.6 Å². The van der Waals surface area contributed by atoms with Crippen LogP contribution in [0.1, 0.15) is 35.8 Å². The summed E-state index contributed by atoms with van der Waals surface area (Å²) in [7, 11) is 1.55. The Balaban J connectivity index is 1.82. The molecule has 0 aliphatic heterocycles. The monoisotopic (exact) mass is 484 g/mol. The molecule has 3 rings (SSSR count). The lowest BCUT2D eigenvalue weighted by atomic mass is 10.0. The van der Waals surface area contributed by atoms with Crippen molar-refractivity contribution in [2.75, 3.05) is 25.6 Å². The maximum Gasteiger partial charge on any atom is 0.247 e. The Morgan fingerprint density at radius 1 is 1.18 bits per heavy atom. The van der Waals surface area contributed by atoms with Crippen molar-refractivity contribution in [1.82, 2.24) is 15.2 Å². The number of thiazole rings is 1. The molecule has 1 aromatic carbocycles. The van der Waals surface area contributed by atoms with E-state index in [4.69, 9.17) is 9.15 Å². The van der Waals surface area contributed by atoms with Crippen LogP contribution in [0.5, 0.6) is 0 Å². The molecule has 2 aromatic heterocycles. The van der Waals surface area contributed by atoms with E-state index in [1.807, 2.05) is 31.2 Å². The average Bonchev–Trinajstić information content (AvgIpc) is 3.53. The van der Waals surface area contributed by atoms with E-state index in [1.165, 1.54) is 22.5 Å². The summed E-state index contributed by atoms with van der Waals surface area (Å²) in [6.07, 6.45) is 2.98. The van der Waals surface area contributed by atoms with Gasteiger partial charge in [0.1, 0.15) is 11.8 Å². The van der Waals surface area contributed by atoms with E-state index in [2.05, 4.69) is 15.6 Å². The number of ether oxygens (including phenoxy) is 1. The number of hydrogen-bond donors (Lipinski definition) is 2. The van der Waals surface area contributed by atoms with Crippen LogP contribution in [0.3, 0.4) is 0 Å². The molecule has 9 nitrogen and oxygen atoms in total. The van der Waals surface area contributed by atoms with Crippen LogP contribution in [-0.2, 0) is 25.7 Å². The molecule has 3 aromatic rings. The van der Waals surface area contributed by atoms with E-state index < -0.39 is 6.04 Å². The van der Waals surface area contributed by atoms with Gasteiger partial charge in [-0.05, 0) is 24.6 Å². The highest BCUT2D eigenvalue weighted by atomic mass is 32.1. The molecule has 0 radical (unpaired) electrons. The third kappa shape index (κ3) is 7.26. The molecular formula is C24H28N4O5S. The molecule has 3 amide bonds. The molecule has 10 heteroatoms. The number of methoxy groups -OCH3 is 1. The Morgan fingerprint density at radius 2 is 1.97 bits per heavy atom. The van der Waals surface area contributed by atoms with Crippen LogP contribution in [0.2, 0.25) is 0 Å². The molecule has 0 spiro atoms. The van der Waals surface area contributed by atoms with Gasteiger partial charge in [-0.1, -0.05) is 29.8 Å². The summed E-state index contributed by atoms with van der Waals surface area (Å²) in [5.74, 6) is -0.480. The van der Waals surface area contributed by atoms with Crippen molar-refractivity contribution in [2.45, 2.75) is 32.4 Å². The number of carbonyl (C=O) groups excluding carboxylic acids is 3. The van der Waals surface area contributed by atoms with Crippen LogP contribution in [0.15, 0.2) is 58.7 Å². The zero-order valence-electron chi connectivity index (χ0n) is 19.2. The molecule has 0 saturated carbocycles. The number of carbonyl (C=O) groups is 3. The lowest BCUT2D eigenvalue weighted by Gasteiger charge is -2.31. The zero-order chi connectivity index (χ0) is 24.3. The fourth-order valence-corrected chi connectivity index (χ4v) is 3.86. The summed E-state index contributed by atoms with van der Waals surface area (Å²) in [6, 6.07) is 9.99. The number of rotatable bonds is 12. The smallest absolute Gasteiger partial charge is 0.247 e. The van der Waals surface area contributed by atoms with Crippen LogP contribution in [-0.4, -0.2) is 47.9 Å². The van der Waals surface area contributed by atoms with Gasteiger partial charge in [-0.3, -0.25) is 14.4 Å². The first kappa shape index (κ1) is 25.1. The van der Waals surface area contributed by atoms with Crippen molar-refractivity contribution in [3.05, 3.63) is 71.1 Å². The zero-order valence-corrected chi connectivity index (χ0v) is 20.0. The number of aromatic nitrogens is 1. The summed E-state index contributed by atoms with van der Waals surface area (Å²) < 4.78 is 10.5. The van der Waals surface area contributed by atoms with Crippen LogP contribution in [0, 0.1) is 6.92 Å². The van der Waals surface area contributed by atoms with Gasteiger partial charge in [0, 0.05) is 38.1 Å². The van der Waals surface area contributed by atoms with E-state index in [-0.39, 0.29) is 37.1 Å². The van der Waals surface area contributed by atoms with Gasteiger partial charge in [-0.25, -0.2) is 4.98 Å². The van der Waals surface area contributed by atoms with Gasteiger partial charge in [0.15, 0.2) is 5.13 Å². The van der Waals surface area contributed by atoms with Crippen molar-refractivity contribution >= 4 is 34.2 Å². The topological polar surface area (TPSA) is 114 Å². The quantitative estimate of drug-likeness (QED) is 0.381. The molecule has 0 unspecified atom stereocenters. The third-order valence-corrected chi connectivity index (χ3v) is 5.72. The maximum absolute atomic E-state index is 13.4. The third-order valence-electron chi connectivity index (χ3n) is 5.03. The molecule has 2 heterocycles. The number of nitrogens with one attached hydrogen (secondary N) is 2. The maximum atomic E-state index is 13.4. The van der Waals surface area contributed by atoms with E-state index in [0.29, 0.717) is 29.6 Å². The second-order valence-corrected chi connectivity index (χ2v) is 8.48. The number of anilines is 1. The van der Waals surface area contributed by atoms with E-state index >= 15 is 0 Å². The molecule has 0 aliphatic carbocycles. The molecule has 0 bridgehead atoms. The van der Waals surface area contributed by atoms with Gasteiger partial charge >= 0.3 is 0 Å². The number of nitrogens with zero attached hydrogens (tertiary/aromatic N) is 2. The Labute approximate surface area is 202 Å². The lowest BCUT2D eigenvalue weighted by molar-refractivity contribution is -0.142. The summed E-state index contributed by atoms with van der Waals surface area (Å²) in [4.78, 5) is 44.4. The number of benzene rings is 1.